The SMILES string of the molecule is CC(NC(=O)c1cc(C2CC2)on1)C(=O)NC1CCC(NC(=O)CN)CC1. The molecule has 5 N–H and O–H groups in total. The van der Waals surface area contributed by atoms with E-state index in [-0.39, 0.29) is 36.1 Å². The van der Waals surface area contributed by atoms with E-state index in [1.165, 1.54) is 0 Å². The van der Waals surface area contributed by atoms with Crippen molar-refractivity contribution in [2.24, 2.45) is 5.73 Å². The molecule has 0 saturated heterocycles. The summed E-state index contributed by atoms with van der Waals surface area (Å²) in [6.07, 6.45) is 5.26. The molecule has 9 heteroatoms. The van der Waals surface area contributed by atoms with Crippen molar-refractivity contribution in [3.05, 3.63) is 17.5 Å². The number of nitrogens with zero attached hydrogens (tertiary/aromatic N) is 1. The first-order valence-electron chi connectivity index (χ1n) is 9.53. The molecule has 148 valence electrons. The van der Waals surface area contributed by atoms with Crippen molar-refractivity contribution in [1.29, 1.82) is 0 Å². The predicted octanol–water partition coefficient (Wildman–Crippen LogP) is 0.173. The quantitative estimate of drug-likeness (QED) is 0.534. The van der Waals surface area contributed by atoms with Gasteiger partial charge in [0.1, 0.15) is 11.8 Å². The third-order valence-corrected chi connectivity index (χ3v) is 5.11. The van der Waals surface area contributed by atoms with Gasteiger partial charge in [0.25, 0.3) is 5.91 Å². The smallest absolute Gasteiger partial charge is 0.274 e. The molecule has 2 saturated carbocycles. The Balaban J connectivity index is 1.41. The van der Waals surface area contributed by atoms with Gasteiger partial charge in [0.2, 0.25) is 11.8 Å². The van der Waals surface area contributed by atoms with Crippen LogP contribution in [0.3, 0.4) is 0 Å². The molecular formula is C18H27N5O4. The van der Waals surface area contributed by atoms with Gasteiger partial charge < -0.3 is 26.2 Å². The number of carbonyl (C=O) groups excluding carboxylic acids is 3. The van der Waals surface area contributed by atoms with Crippen LogP contribution in [0.4, 0.5) is 0 Å². The van der Waals surface area contributed by atoms with E-state index in [0.717, 1.165) is 44.3 Å². The zero-order valence-electron chi connectivity index (χ0n) is 15.5. The highest BCUT2D eigenvalue weighted by molar-refractivity contribution is 5.96. The Morgan fingerprint density at radius 2 is 1.78 bits per heavy atom. The van der Waals surface area contributed by atoms with Crippen molar-refractivity contribution in [3.63, 3.8) is 0 Å². The number of rotatable bonds is 7. The third kappa shape index (κ3) is 5.29. The highest BCUT2D eigenvalue weighted by atomic mass is 16.5. The fraction of sp³-hybridized carbons (Fsp3) is 0.667. The zero-order valence-corrected chi connectivity index (χ0v) is 15.5. The largest absolute Gasteiger partial charge is 0.360 e. The maximum absolute atomic E-state index is 12.4. The fourth-order valence-electron chi connectivity index (χ4n) is 3.29. The lowest BCUT2D eigenvalue weighted by Gasteiger charge is -2.30. The molecule has 0 bridgehead atoms. The first kappa shape index (κ1) is 19.3. The average Bonchev–Trinajstić information content (AvgIpc) is 3.39. The first-order valence-corrected chi connectivity index (χ1v) is 9.53. The highest BCUT2D eigenvalue weighted by Crippen LogP contribution is 2.40. The van der Waals surface area contributed by atoms with Crippen LogP contribution in [0.15, 0.2) is 10.6 Å². The number of aromatic nitrogens is 1. The summed E-state index contributed by atoms with van der Waals surface area (Å²) in [5.41, 5.74) is 5.50. The van der Waals surface area contributed by atoms with Gasteiger partial charge in [-0.15, -0.1) is 0 Å². The van der Waals surface area contributed by atoms with E-state index in [2.05, 4.69) is 21.1 Å². The van der Waals surface area contributed by atoms with E-state index in [4.69, 9.17) is 10.3 Å². The molecule has 1 atom stereocenters. The second-order valence-electron chi connectivity index (χ2n) is 7.41. The maximum atomic E-state index is 12.4. The van der Waals surface area contributed by atoms with Crippen molar-refractivity contribution < 1.29 is 18.9 Å². The molecule has 0 radical (unpaired) electrons. The van der Waals surface area contributed by atoms with Gasteiger partial charge in [-0.2, -0.15) is 0 Å². The first-order chi connectivity index (χ1) is 13.0. The number of nitrogens with two attached hydrogens (primary N) is 1. The van der Waals surface area contributed by atoms with Crippen LogP contribution in [0.5, 0.6) is 0 Å². The van der Waals surface area contributed by atoms with Crippen molar-refractivity contribution in [2.75, 3.05) is 6.54 Å². The van der Waals surface area contributed by atoms with Gasteiger partial charge in [0, 0.05) is 24.1 Å². The molecule has 2 fully saturated rings. The molecule has 1 heterocycles. The number of hydrogen-bond acceptors (Lipinski definition) is 6. The summed E-state index contributed by atoms with van der Waals surface area (Å²) in [6, 6.07) is 1.12. The maximum Gasteiger partial charge on any atom is 0.274 e. The van der Waals surface area contributed by atoms with Crippen LogP contribution in [0, 0.1) is 0 Å². The van der Waals surface area contributed by atoms with Gasteiger partial charge in [0.05, 0.1) is 6.54 Å². The Labute approximate surface area is 157 Å². The van der Waals surface area contributed by atoms with Crippen molar-refractivity contribution in [1.82, 2.24) is 21.1 Å². The molecule has 0 spiro atoms. The van der Waals surface area contributed by atoms with Crippen LogP contribution in [0.25, 0.3) is 0 Å². The van der Waals surface area contributed by atoms with Crippen LogP contribution in [0.1, 0.15) is 67.6 Å². The van der Waals surface area contributed by atoms with E-state index in [1.807, 2.05) is 0 Å². The lowest BCUT2D eigenvalue weighted by atomic mass is 9.91. The molecule has 1 unspecified atom stereocenters. The Morgan fingerprint density at radius 1 is 1.15 bits per heavy atom. The van der Waals surface area contributed by atoms with Gasteiger partial charge in [-0.25, -0.2) is 0 Å². The number of hydrogen-bond donors (Lipinski definition) is 4. The topological polar surface area (TPSA) is 139 Å². The molecular weight excluding hydrogens is 350 g/mol. The molecule has 9 nitrogen and oxygen atoms in total. The number of carbonyl (C=O) groups is 3. The van der Waals surface area contributed by atoms with Gasteiger partial charge in [-0.1, -0.05) is 5.16 Å². The molecule has 0 aliphatic heterocycles. The van der Waals surface area contributed by atoms with Gasteiger partial charge in [0.15, 0.2) is 5.69 Å². The monoisotopic (exact) mass is 377 g/mol. The summed E-state index contributed by atoms with van der Waals surface area (Å²) in [5.74, 6) is 0.307. The summed E-state index contributed by atoms with van der Waals surface area (Å²) in [7, 11) is 0. The summed E-state index contributed by atoms with van der Waals surface area (Å²) in [4.78, 5) is 35.9. The lowest BCUT2D eigenvalue weighted by Crippen LogP contribution is -2.50. The van der Waals surface area contributed by atoms with E-state index in [9.17, 15) is 14.4 Å². The van der Waals surface area contributed by atoms with Crippen LogP contribution in [-0.2, 0) is 9.59 Å². The standard InChI is InChI=1S/C18H27N5O4/c1-10(20-18(26)14-8-15(27-23-14)11-2-3-11)17(25)22-13-6-4-12(5-7-13)21-16(24)9-19/h8,10-13H,2-7,9,19H2,1H3,(H,20,26)(H,21,24)(H,22,25). The van der Waals surface area contributed by atoms with Gasteiger partial charge in [-0.3, -0.25) is 14.4 Å². The fourth-order valence-corrected chi connectivity index (χ4v) is 3.29. The Kier molecular flexibility index (Phi) is 6.10. The molecule has 3 amide bonds. The second kappa shape index (κ2) is 8.51. The zero-order chi connectivity index (χ0) is 19.4. The van der Waals surface area contributed by atoms with Crippen LogP contribution in [-0.4, -0.2) is 47.5 Å². The molecule has 1 aromatic rings. The summed E-state index contributed by atoms with van der Waals surface area (Å²) >= 11 is 0. The lowest BCUT2D eigenvalue weighted by molar-refractivity contribution is -0.124. The molecule has 3 rings (SSSR count). The summed E-state index contributed by atoms with van der Waals surface area (Å²) in [6.45, 7) is 1.63. The van der Waals surface area contributed by atoms with E-state index < -0.39 is 11.9 Å². The average molecular weight is 377 g/mol. The van der Waals surface area contributed by atoms with Gasteiger partial charge >= 0.3 is 0 Å². The predicted molar refractivity (Wildman–Crippen MR) is 96.8 cm³/mol. The molecule has 27 heavy (non-hydrogen) atoms. The Morgan fingerprint density at radius 3 is 2.37 bits per heavy atom. The molecule has 1 aromatic heterocycles. The van der Waals surface area contributed by atoms with E-state index in [1.54, 1.807) is 13.0 Å². The minimum Gasteiger partial charge on any atom is -0.360 e. The summed E-state index contributed by atoms with van der Waals surface area (Å²) < 4.78 is 5.17. The van der Waals surface area contributed by atoms with Crippen molar-refractivity contribution >= 4 is 17.7 Å². The molecule has 0 aromatic carbocycles. The second-order valence-corrected chi connectivity index (χ2v) is 7.41. The van der Waals surface area contributed by atoms with Crippen LogP contribution in [0.2, 0.25) is 0 Å². The Hall–Kier alpha value is -2.42. The van der Waals surface area contributed by atoms with Gasteiger partial charge in [-0.05, 0) is 45.4 Å². The van der Waals surface area contributed by atoms with Crippen LogP contribution >= 0.6 is 0 Å². The van der Waals surface area contributed by atoms with E-state index in [0.29, 0.717) is 5.92 Å². The number of amides is 3. The number of nitrogens with one attached hydrogen (secondary N) is 3. The van der Waals surface area contributed by atoms with Crippen molar-refractivity contribution in [2.45, 2.75) is 69.5 Å². The Bertz CT molecular complexity index is 692. The molecule has 2 aliphatic carbocycles. The summed E-state index contributed by atoms with van der Waals surface area (Å²) in [5, 5.41) is 12.3. The molecule has 2 aliphatic rings. The minimum atomic E-state index is -0.673. The van der Waals surface area contributed by atoms with Crippen molar-refractivity contribution in [3.8, 4) is 0 Å². The minimum absolute atomic E-state index is 0.0124. The normalized spacial score (nSPS) is 23.3. The highest BCUT2D eigenvalue weighted by Gasteiger charge is 2.30. The third-order valence-electron chi connectivity index (χ3n) is 5.11. The van der Waals surface area contributed by atoms with Crippen LogP contribution < -0.4 is 21.7 Å². The van der Waals surface area contributed by atoms with E-state index >= 15 is 0 Å².